The number of esters is 5. The van der Waals surface area contributed by atoms with E-state index in [0.717, 1.165) is 79.2 Å². The second-order valence-electron chi connectivity index (χ2n) is 18.7. The van der Waals surface area contributed by atoms with Crippen molar-refractivity contribution in [2.24, 2.45) is 28.8 Å². The van der Waals surface area contributed by atoms with Crippen molar-refractivity contribution in [1.29, 1.82) is 0 Å². The third kappa shape index (κ3) is 24.6. The molecule has 1 N–H and O–H groups in total. The van der Waals surface area contributed by atoms with Crippen molar-refractivity contribution in [3.63, 3.8) is 0 Å². The van der Waals surface area contributed by atoms with Gasteiger partial charge in [0.1, 0.15) is 23.0 Å². The molecular formula is C58H79N3O14S. The molecule has 0 bridgehead atoms. The third-order valence-electron chi connectivity index (χ3n) is 12.9. The van der Waals surface area contributed by atoms with Crippen LogP contribution < -0.4 is 14.5 Å². The number of hydrogen-bond donors (Lipinski definition) is 1. The molecule has 0 amide bonds. The number of aliphatic hydroxyl groups excluding tert-OH is 1. The molecule has 2 fully saturated rings. The molecule has 0 spiro atoms. The summed E-state index contributed by atoms with van der Waals surface area (Å²) in [6.45, 7) is 17.2. The largest absolute Gasteiger partial charge is 0.494 e. The van der Waals surface area contributed by atoms with Gasteiger partial charge in [0.25, 0.3) is 0 Å². The first-order valence-electron chi connectivity index (χ1n) is 26.5. The van der Waals surface area contributed by atoms with Crippen LogP contribution in [0.15, 0.2) is 103 Å². The predicted molar refractivity (Wildman–Crippen MR) is 291 cm³/mol. The van der Waals surface area contributed by atoms with Crippen LogP contribution in [0.2, 0.25) is 0 Å². The average molecular weight is 1070 g/mol. The molecule has 1 atom stereocenters. The zero-order valence-corrected chi connectivity index (χ0v) is 45.5. The molecule has 1 heterocycles. The predicted octanol–water partition coefficient (Wildman–Crippen LogP) is 10.7. The number of anilines is 1. The van der Waals surface area contributed by atoms with Gasteiger partial charge in [-0.05, 0) is 153 Å². The lowest BCUT2D eigenvalue weighted by Gasteiger charge is -2.30. The van der Waals surface area contributed by atoms with Crippen molar-refractivity contribution in [3.05, 3.63) is 109 Å². The molecule has 416 valence electrons. The molecule has 0 saturated heterocycles. The standard InChI is InChI=1S/C58H79N3O14S/c1-7-52(62)70-39-15-10-9-13-36-68-37-17-18-41-72-54(64)45-22-24-47(25-23-45)56(66)74-50(20-19-35-59-61(6)58-60-43(4)44(5)76-58)30-21-42(3)73-55(65)46-26-28-48(29-27-46)57(67)75-51-33-31-49(32-34-51)69-38-14-11-12-16-40-71-53(63)8-2/h7-8,17-18,20-21,30-35,45-48,54,64H,1-3,9-16,19,22-29,36-41H2,4-6H3/b18-17-,30-21-,50-20+,59-35+. The van der Waals surface area contributed by atoms with E-state index in [2.05, 4.69) is 29.8 Å². The van der Waals surface area contributed by atoms with Gasteiger partial charge in [0.05, 0.1) is 56.5 Å². The Hall–Kier alpha value is -6.21. The SMILES string of the molecule is C=CC(=O)OCCCCCCOC/C=C\COC(O)C1CCC(C(=O)OC(/C=C\C(=C)OC(=O)C2CCC(C(=O)Oc3ccc(OCCCCCCOC(=O)C=C)cc3)CC2)=C/C/C=N/N(C)c2nc(C)c(C)s2)CC1. The van der Waals surface area contributed by atoms with Gasteiger partial charge in [-0.3, -0.25) is 14.4 Å². The highest BCUT2D eigenvalue weighted by atomic mass is 32.1. The van der Waals surface area contributed by atoms with Crippen LogP contribution in [0, 0.1) is 37.5 Å². The summed E-state index contributed by atoms with van der Waals surface area (Å²) in [5, 5.41) is 17.7. The van der Waals surface area contributed by atoms with Gasteiger partial charge in [-0.1, -0.05) is 38.3 Å². The summed E-state index contributed by atoms with van der Waals surface area (Å²) in [5.41, 5.74) is 0.942. The summed E-state index contributed by atoms with van der Waals surface area (Å²) in [6.07, 6.45) is 22.9. The third-order valence-corrected chi connectivity index (χ3v) is 14.0. The number of ether oxygens (including phenoxy) is 8. The molecule has 0 radical (unpaired) electrons. The van der Waals surface area contributed by atoms with Crippen LogP contribution in [0.25, 0.3) is 0 Å². The zero-order chi connectivity index (χ0) is 54.9. The van der Waals surface area contributed by atoms with Crippen LogP contribution in [0.4, 0.5) is 5.13 Å². The van der Waals surface area contributed by atoms with Crippen molar-refractivity contribution in [2.45, 2.75) is 129 Å². The first-order valence-corrected chi connectivity index (χ1v) is 27.3. The lowest BCUT2D eigenvalue weighted by Crippen LogP contribution is -2.31. The van der Waals surface area contributed by atoms with Crippen molar-refractivity contribution < 1.29 is 67.0 Å². The first kappa shape index (κ1) is 62.3. The number of nitrogens with zero attached hydrogens (tertiary/aromatic N) is 3. The number of rotatable bonds is 35. The molecule has 4 rings (SSSR count). The maximum atomic E-state index is 13.6. The van der Waals surface area contributed by atoms with E-state index in [9.17, 15) is 29.1 Å². The quantitative estimate of drug-likeness (QED) is 0.00582. The van der Waals surface area contributed by atoms with Gasteiger partial charge in [0.2, 0.25) is 5.13 Å². The van der Waals surface area contributed by atoms with Crippen molar-refractivity contribution in [2.75, 3.05) is 51.7 Å². The molecule has 1 aromatic heterocycles. The van der Waals surface area contributed by atoms with E-state index in [1.165, 1.54) is 23.5 Å². The fraction of sp³-hybridized carbons (Fsp3) is 0.534. The average Bonchev–Trinajstić information content (AvgIpc) is 3.77. The highest BCUT2D eigenvalue weighted by Gasteiger charge is 2.33. The molecule has 76 heavy (non-hydrogen) atoms. The number of aromatic nitrogens is 1. The lowest BCUT2D eigenvalue weighted by molar-refractivity contribution is -0.152. The van der Waals surface area contributed by atoms with E-state index in [1.54, 1.807) is 41.6 Å². The number of unbranched alkanes of at least 4 members (excludes halogenated alkanes) is 6. The van der Waals surface area contributed by atoms with E-state index >= 15 is 0 Å². The van der Waals surface area contributed by atoms with E-state index in [-0.39, 0.29) is 35.9 Å². The minimum Gasteiger partial charge on any atom is -0.494 e. The number of aliphatic hydroxyl groups is 1. The van der Waals surface area contributed by atoms with E-state index in [0.29, 0.717) is 102 Å². The smallest absolute Gasteiger partial charge is 0.330 e. The Morgan fingerprint density at radius 1 is 0.724 bits per heavy atom. The van der Waals surface area contributed by atoms with Crippen LogP contribution in [0.3, 0.4) is 0 Å². The monoisotopic (exact) mass is 1070 g/mol. The Bertz CT molecular complexity index is 2250. The summed E-state index contributed by atoms with van der Waals surface area (Å²) >= 11 is 1.54. The van der Waals surface area contributed by atoms with Gasteiger partial charge >= 0.3 is 29.8 Å². The van der Waals surface area contributed by atoms with Crippen LogP contribution in [-0.4, -0.2) is 99.1 Å². The Morgan fingerprint density at radius 2 is 1.26 bits per heavy atom. The van der Waals surface area contributed by atoms with E-state index < -0.39 is 42.0 Å². The number of benzene rings is 1. The lowest BCUT2D eigenvalue weighted by atomic mass is 9.81. The van der Waals surface area contributed by atoms with Crippen LogP contribution in [0.1, 0.15) is 120 Å². The van der Waals surface area contributed by atoms with Crippen molar-refractivity contribution in [1.82, 2.24) is 4.98 Å². The zero-order valence-electron chi connectivity index (χ0n) is 44.7. The summed E-state index contributed by atoms with van der Waals surface area (Å²) in [4.78, 5) is 67.7. The summed E-state index contributed by atoms with van der Waals surface area (Å²) in [5.74, 6) is -1.95. The van der Waals surface area contributed by atoms with Crippen LogP contribution in [-0.2, 0) is 52.4 Å². The van der Waals surface area contributed by atoms with Gasteiger partial charge in [0, 0.05) is 49.2 Å². The number of hydrogen-bond acceptors (Lipinski definition) is 18. The topological polar surface area (TPSA) is 208 Å². The minimum atomic E-state index is -0.972. The Kier molecular flexibility index (Phi) is 29.5. The second kappa shape index (κ2) is 35.9. The van der Waals surface area contributed by atoms with Crippen molar-refractivity contribution in [3.8, 4) is 11.5 Å². The number of allylic oxidation sites excluding steroid dienone is 3. The van der Waals surface area contributed by atoms with Gasteiger partial charge in [-0.15, -0.1) is 11.3 Å². The fourth-order valence-electron chi connectivity index (χ4n) is 8.20. The molecule has 0 aliphatic heterocycles. The molecule has 1 unspecified atom stereocenters. The van der Waals surface area contributed by atoms with Gasteiger partial charge in [0.15, 0.2) is 6.29 Å². The summed E-state index contributed by atoms with van der Waals surface area (Å²) in [7, 11) is 1.81. The molecule has 2 aliphatic carbocycles. The molecule has 17 nitrogen and oxygen atoms in total. The Morgan fingerprint density at radius 3 is 1.86 bits per heavy atom. The van der Waals surface area contributed by atoms with Crippen LogP contribution in [0.5, 0.6) is 11.5 Å². The number of aryl methyl sites for hydroxylation is 2. The second-order valence-corrected chi connectivity index (χ2v) is 19.9. The maximum absolute atomic E-state index is 13.6. The van der Waals surface area contributed by atoms with E-state index in [4.69, 9.17) is 37.9 Å². The number of carbonyl (C=O) groups is 5. The molecule has 1 aromatic carbocycles. The minimum absolute atomic E-state index is 0.0680. The number of hydrazone groups is 1. The highest BCUT2D eigenvalue weighted by Crippen LogP contribution is 2.34. The Labute approximate surface area is 452 Å². The maximum Gasteiger partial charge on any atom is 0.330 e. The van der Waals surface area contributed by atoms with Gasteiger partial charge < -0.3 is 43.0 Å². The Balaban J connectivity index is 1.18. The highest BCUT2D eigenvalue weighted by molar-refractivity contribution is 7.15. The molecular weight excluding hydrogens is 995 g/mol. The van der Waals surface area contributed by atoms with E-state index in [1.807, 2.05) is 33.0 Å². The summed E-state index contributed by atoms with van der Waals surface area (Å²) in [6, 6.07) is 6.90. The summed E-state index contributed by atoms with van der Waals surface area (Å²) < 4.78 is 44.3. The van der Waals surface area contributed by atoms with Gasteiger partial charge in [-0.25, -0.2) is 19.6 Å². The number of carbonyl (C=O) groups excluding carboxylic acids is 5. The molecule has 2 aliphatic rings. The van der Waals surface area contributed by atoms with Gasteiger partial charge in [-0.2, -0.15) is 5.10 Å². The molecule has 2 aromatic rings. The van der Waals surface area contributed by atoms with Crippen molar-refractivity contribution >= 4 is 52.5 Å². The fourth-order valence-corrected chi connectivity index (χ4v) is 9.03. The molecule has 18 heteroatoms. The first-order chi connectivity index (χ1) is 36.8. The molecule has 2 saturated carbocycles. The number of thiazole rings is 1. The normalized spacial score (nSPS) is 18.2. The van der Waals surface area contributed by atoms with Crippen LogP contribution >= 0.6 is 11.3 Å².